The summed E-state index contributed by atoms with van der Waals surface area (Å²) in [7, 11) is 0. The molecule has 0 bridgehead atoms. The van der Waals surface area contributed by atoms with Gasteiger partial charge in [-0.2, -0.15) is 0 Å². The molecule has 0 saturated carbocycles. The highest BCUT2D eigenvalue weighted by Crippen LogP contribution is 2.33. The fraction of sp³-hybridized carbons (Fsp3) is 0.500. The molecular weight excluding hydrogens is 264 g/mol. The van der Waals surface area contributed by atoms with Gasteiger partial charge in [-0.25, -0.2) is 4.39 Å². The molecule has 1 aromatic carbocycles. The Balaban J connectivity index is 2.95. The minimum absolute atomic E-state index is 0.0784. The zero-order chi connectivity index (χ0) is 13.0. The van der Waals surface area contributed by atoms with E-state index in [4.69, 9.17) is 28.9 Å². The third-order valence-electron chi connectivity index (χ3n) is 2.68. The van der Waals surface area contributed by atoms with Gasteiger partial charge in [-0.15, -0.1) is 0 Å². The van der Waals surface area contributed by atoms with Crippen LogP contribution in [0.15, 0.2) is 12.1 Å². The summed E-state index contributed by atoms with van der Waals surface area (Å²) in [5, 5.41) is 10.2. The van der Waals surface area contributed by atoms with Crippen LogP contribution in [-0.4, -0.2) is 11.2 Å². The standard InChI is InChI=1S/C12H16Cl2FNO/c1-2-3-4-9(17)12(16)10-8(15)6-5-7(13)11(10)14/h5-6,9,12,17H,2-4,16H2,1H3/t9-,12-/m1/s1. The Morgan fingerprint density at radius 3 is 2.65 bits per heavy atom. The SMILES string of the molecule is CCCC[C@@H](O)[C@@H](N)c1c(F)ccc(Cl)c1Cl. The van der Waals surface area contributed by atoms with Crippen LogP contribution in [0, 0.1) is 5.82 Å². The summed E-state index contributed by atoms with van der Waals surface area (Å²) < 4.78 is 13.6. The summed E-state index contributed by atoms with van der Waals surface area (Å²) in [6, 6.07) is 1.72. The molecule has 5 heteroatoms. The second-order valence-corrected chi connectivity index (χ2v) is 4.78. The van der Waals surface area contributed by atoms with Crippen molar-refractivity contribution in [3.63, 3.8) is 0 Å². The highest BCUT2D eigenvalue weighted by atomic mass is 35.5. The summed E-state index contributed by atoms with van der Waals surface area (Å²) in [4.78, 5) is 0. The van der Waals surface area contributed by atoms with Crippen molar-refractivity contribution in [1.82, 2.24) is 0 Å². The van der Waals surface area contributed by atoms with Crippen molar-refractivity contribution in [3.05, 3.63) is 33.6 Å². The third-order valence-corrected chi connectivity index (χ3v) is 3.50. The van der Waals surface area contributed by atoms with Crippen LogP contribution in [0.1, 0.15) is 37.8 Å². The highest BCUT2D eigenvalue weighted by Gasteiger charge is 2.23. The van der Waals surface area contributed by atoms with Crippen LogP contribution in [0.3, 0.4) is 0 Å². The maximum Gasteiger partial charge on any atom is 0.129 e. The molecule has 1 aromatic rings. The van der Waals surface area contributed by atoms with Gasteiger partial charge in [-0.05, 0) is 18.6 Å². The van der Waals surface area contributed by atoms with Crippen molar-refractivity contribution in [3.8, 4) is 0 Å². The van der Waals surface area contributed by atoms with Crippen molar-refractivity contribution in [1.29, 1.82) is 0 Å². The monoisotopic (exact) mass is 279 g/mol. The van der Waals surface area contributed by atoms with E-state index in [0.717, 1.165) is 12.8 Å². The van der Waals surface area contributed by atoms with E-state index in [0.29, 0.717) is 6.42 Å². The molecule has 0 aliphatic heterocycles. The molecule has 0 amide bonds. The Labute approximate surface area is 111 Å². The second kappa shape index (κ2) is 6.55. The largest absolute Gasteiger partial charge is 0.391 e. The van der Waals surface area contributed by atoms with Gasteiger partial charge in [0.2, 0.25) is 0 Å². The lowest BCUT2D eigenvalue weighted by molar-refractivity contribution is 0.131. The van der Waals surface area contributed by atoms with Gasteiger partial charge in [0.05, 0.1) is 22.2 Å². The fourth-order valence-corrected chi connectivity index (χ4v) is 2.08. The lowest BCUT2D eigenvalue weighted by Gasteiger charge is -2.21. The Morgan fingerprint density at radius 2 is 2.06 bits per heavy atom. The number of rotatable bonds is 5. The first-order chi connectivity index (χ1) is 7.99. The zero-order valence-corrected chi connectivity index (χ0v) is 11.1. The maximum atomic E-state index is 13.6. The van der Waals surface area contributed by atoms with Gasteiger partial charge in [0.25, 0.3) is 0 Å². The predicted octanol–water partition coefficient (Wildman–Crippen LogP) is 3.68. The van der Waals surface area contributed by atoms with Crippen molar-refractivity contribution in [2.45, 2.75) is 38.3 Å². The first kappa shape index (κ1) is 14.7. The molecule has 0 saturated heterocycles. The quantitative estimate of drug-likeness (QED) is 0.808. The van der Waals surface area contributed by atoms with Crippen LogP contribution < -0.4 is 5.73 Å². The fourth-order valence-electron chi connectivity index (χ4n) is 1.63. The molecule has 0 aromatic heterocycles. The first-order valence-corrected chi connectivity index (χ1v) is 6.31. The molecule has 1 rings (SSSR count). The first-order valence-electron chi connectivity index (χ1n) is 5.56. The van der Waals surface area contributed by atoms with E-state index in [1.54, 1.807) is 0 Å². The number of aliphatic hydroxyl groups excluding tert-OH is 1. The number of benzene rings is 1. The molecular formula is C12H16Cl2FNO. The van der Waals surface area contributed by atoms with Gasteiger partial charge in [0.1, 0.15) is 5.82 Å². The highest BCUT2D eigenvalue weighted by molar-refractivity contribution is 6.42. The van der Waals surface area contributed by atoms with Crippen LogP contribution >= 0.6 is 23.2 Å². The van der Waals surface area contributed by atoms with E-state index in [1.807, 2.05) is 6.92 Å². The molecule has 0 aliphatic carbocycles. The van der Waals surface area contributed by atoms with Crippen molar-refractivity contribution in [2.75, 3.05) is 0 Å². The lowest BCUT2D eigenvalue weighted by Crippen LogP contribution is -2.27. The Morgan fingerprint density at radius 1 is 1.41 bits per heavy atom. The van der Waals surface area contributed by atoms with E-state index in [1.165, 1.54) is 12.1 Å². The van der Waals surface area contributed by atoms with E-state index < -0.39 is 18.0 Å². The van der Waals surface area contributed by atoms with Crippen molar-refractivity contribution in [2.24, 2.45) is 5.73 Å². The van der Waals surface area contributed by atoms with Crippen LogP contribution in [0.25, 0.3) is 0 Å². The number of nitrogens with two attached hydrogens (primary N) is 1. The molecule has 0 aliphatic rings. The lowest BCUT2D eigenvalue weighted by atomic mass is 9.98. The van der Waals surface area contributed by atoms with Gasteiger partial charge in [-0.3, -0.25) is 0 Å². The molecule has 0 radical (unpaired) electrons. The van der Waals surface area contributed by atoms with Gasteiger partial charge < -0.3 is 10.8 Å². The molecule has 0 unspecified atom stereocenters. The minimum atomic E-state index is -0.854. The third kappa shape index (κ3) is 3.55. The van der Waals surface area contributed by atoms with E-state index in [2.05, 4.69) is 0 Å². The van der Waals surface area contributed by atoms with Crippen molar-refractivity contribution < 1.29 is 9.50 Å². The van der Waals surface area contributed by atoms with E-state index in [-0.39, 0.29) is 15.6 Å². The van der Waals surface area contributed by atoms with Gasteiger partial charge in [-0.1, -0.05) is 43.0 Å². The van der Waals surface area contributed by atoms with Crippen molar-refractivity contribution >= 4 is 23.2 Å². The molecule has 3 N–H and O–H groups in total. The summed E-state index contributed by atoms with van der Waals surface area (Å²) in [5.41, 5.74) is 5.90. The molecule has 17 heavy (non-hydrogen) atoms. The van der Waals surface area contributed by atoms with E-state index >= 15 is 0 Å². The van der Waals surface area contributed by atoms with Gasteiger partial charge in [0.15, 0.2) is 0 Å². The Bertz CT molecular complexity index is 387. The summed E-state index contributed by atoms with van der Waals surface area (Å²) in [6.45, 7) is 2.01. The zero-order valence-electron chi connectivity index (χ0n) is 9.59. The normalized spacial score (nSPS) is 14.7. The molecule has 96 valence electrons. The van der Waals surface area contributed by atoms with Crippen LogP contribution in [0.4, 0.5) is 4.39 Å². The molecule has 2 atom stereocenters. The number of aliphatic hydroxyl groups is 1. The van der Waals surface area contributed by atoms with Crippen LogP contribution in [0.2, 0.25) is 10.0 Å². The van der Waals surface area contributed by atoms with Crippen LogP contribution in [0.5, 0.6) is 0 Å². The topological polar surface area (TPSA) is 46.2 Å². The second-order valence-electron chi connectivity index (χ2n) is 3.99. The van der Waals surface area contributed by atoms with E-state index in [9.17, 15) is 9.50 Å². The Hall–Kier alpha value is -0.350. The summed E-state index contributed by atoms with van der Waals surface area (Å²) in [6.07, 6.45) is 1.46. The molecule has 0 fully saturated rings. The minimum Gasteiger partial charge on any atom is -0.391 e. The summed E-state index contributed by atoms with van der Waals surface area (Å²) >= 11 is 11.7. The summed E-state index contributed by atoms with van der Waals surface area (Å²) in [5.74, 6) is -0.539. The van der Waals surface area contributed by atoms with Gasteiger partial charge in [0, 0.05) is 5.56 Å². The molecule has 0 heterocycles. The molecule has 0 spiro atoms. The number of unbranched alkanes of at least 4 members (excludes halogenated alkanes) is 1. The van der Waals surface area contributed by atoms with Crippen LogP contribution in [-0.2, 0) is 0 Å². The Kier molecular flexibility index (Phi) is 5.67. The number of hydrogen-bond acceptors (Lipinski definition) is 2. The smallest absolute Gasteiger partial charge is 0.129 e. The average molecular weight is 280 g/mol. The predicted molar refractivity (Wildman–Crippen MR) is 68.9 cm³/mol. The molecule has 2 nitrogen and oxygen atoms in total. The maximum absolute atomic E-state index is 13.6. The van der Waals surface area contributed by atoms with Gasteiger partial charge >= 0.3 is 0 Å². The number of halogens is 3. The average Bonchev–Trinajstić information content (AvgIpc) is 2.31. The number of hydrogen-bond donors (Lipinski definition) is 2.